The molecule has 0 amide bonds. The summed E-state index contributed by atoms with van der Waals surface area (Å²) in [4.78, 5) is 10.3. The van der Waals surface area contributed by atoms with Crippen molar-refractivity contribution in [1.29, 1.82) is 0 Å². The number of hydrogen-bond acceptors (Lipinski definition) is 3. The fourth-order valence-electron chi connectivity index (χ4n) is 1.57. The number of hydrogen-bond donors (Lipinski definition) is 2. The fourth-order valence-corrected chi connectivity index (χ4v) is 2.43. The molecule has 1 unspecified atom stereocenters. The minimum absolute atomic E-state index is 0. The fraction of sp³-hybridized carbons (Fsp3) is 0.714. The molecule has 0 saturated carbocycles. The molecule has 1 atom stereocenters. The quantitative estimate of drug-likeness (QED) is 0.444. The monoisotopic (exact) mass is 410 g/mol. The van der Waals surface area contributed by atoms with Gasteiger partial charge in [0.1, 0.15) is 0 Å². The van der Waals surface area contributed by atoms with Gasteiger partial charge in [0.25, 0.3) is 0 Å². The van der Waals surface area contributed by atoms with Crippen LogP contribution < -0.4 is 10.6 Å². The van der Waals surface area contributed by atoms with Gasteiger partial charge < -0.3 is 10.6 Å². The van der Waals surface area contributed by atoms with E-state index in [1.807, 2.05) is 13.8 Å². The van der Waals surface area contributed by atoms with Crippen LogP contribution in [0.5, 0.6) is 0 Å². The molecule has 0 fully saturated rings. The Labute approximate surface area is 143 Å². The van der Waals surface area contributed by atoms with Crippen LogP contribution in [0.25, 0.3) is 0 Å². The van der Waals surface area contributed by atoms with Crippen LogP contribution in [-0.4, -0.2) is 23.5 Å². The van der Waals surface area contributed by atoms with Crippen molar-refractivity contribution in [2.24, 2.45) is 10.9 Å². The number of aliphatic imine (C=N–C) groups is 1. The molecule has 20 heavy (non-hydrogen) atoms. The third kappa shape index (κ3) is 6.39. The van der Waals surface area contributed by atoms with Crippen LogP contribution in [-0.2, 0) is 6.54 Å². The highest BCUT2D eigenvalue weighted by Gasteiger charge is 2.09. The van der Waals surface area contributed by atoms with Gasteiger partial charge in [-0.15, -0.1) is 35.3 Å². The molecule has 1 rings (SSSR count). The van der Waals surface area contributed by atoms with Crippen LogP contribution in [0.4, 0.5) is 0 Å². The lowest BCUT2D eigenvalue weighted by atomic mass is 10.1. The predicted molar refractivity (Wildman–Crippen MR) is 99.3 cm³/mol. The minimum Gasteiger partial charge on any atom is -0.357 e. The molecule has 4 nitrogen and oxygen atoms in total. The number of rotatable bonds is 5. The molecule has 0 aliphatic carbocycles. The van der Waals surface area contributed by atoms with Crippen molar-refractivity contribution in [1.82, 2.24) is 15.6 Å². The summed E-state index contributed by atoms with van der Waals surface area (Å²) in [6.07, 6.45) is 0. The SMILES string of the molecule is CCNC(=NCc1sc(C)nc1C)NC(C)C(C)C.I. The van der Waals surface area contributed by atoms with Gasteiger partial charge in [0.2, 0.25) is 0 Å². The summed E-state index contributed by atoms with van der Waals surface area (Å²) in [5.41, 5.74) is 1.10. The summed E-state index contributed by atoms with van der Waals surface area (Å²) in [5.74, 6) is 1.46. The highest BCUT2D eigenvalue weighted by Crippen LogP contribution is 2.17. The largest absolute Gasteiger partial charge is 0.357 e. The summed E-state index contributed by atoms with van der Waals surface area (Å²) >= 11 is 1.73. The standard InChI is InChI=1S/C14H26N4S.HI/c1-7-15-14(18-10(4)9(2)3)16-8-13-11(5)17-12(6)19-13;/h9-10H,7-8H2,1-6H3,(H2,15,16,18);1H. The van der Waals surface area contributed by atoms with E-state index in [4.69, 9.17) is 0 Å². The third-order valence-corrected chi connectivity index (χ3v) is 4.15. The first-order chi connectivity index (χ1) is 8.93. The van der Waals surface area contributed by atoms with E-state index >= 15 is 0 Å². The maximum atomic E-state index is 4.65. The first kappa shape index (κ1) is 19.6. The Kier molecular flexibility index (Phi) is 9.37. The van der Waals surface area contributed by atoms with Crippen molar-refractivity contribution in [3.05, 3.63) is 15.6 Å². The number of thiazole rings is 1. The second-order valence-electron chi connectivity index (χ2n) is 5.11. The van der Waals surface area contributed by atoms with E-state index in [1.165, 1.54) is 4.88 Å². The summed E-state index contributed by atoms with van der Waals surface area (Å²) in [5, 5.41) is 7.83. The van der Waals surface area contributed by atoms with E-state index in [-0.39, 0.29) is 24.0 Å². The van der Waals surface area contributed by atoms with E-state index in [2.05, 4.69) is 48.3 Å². The van der Waals surface area contributed by atoms with E-state index in [0.717, 1.165) is 23.2 Å². The van der Waals surface area contributed by atoms with Crippen LogP contribution >= 0.6 is 35.3 Å². The Morgan fingerprint density at radius 1 is 1.30 bits per heavy atom. The van der Waals surface area contributed by atoms with E-state index in [0.29, 0.717) is 18.5 Å². The first-order valence-electron chi connectivity index (χ1n) is 6.91. The highest BCUT2D eigenvalue weighted by atomic mass is 127. The summed E-state index contributed by atoms with van der Waals surface area (Å²) in [7, 11) is 0. The van der Waals surface area contributed by atoms with Crippen molar-refractivity contribution in [2.75, 3.05) is 6.54 Å². The molecule has 1 aromatic heterocycles. The van der Waals surface area contributed by atoms with Crippen molar-refractivity contribution in [3.63, 3.8) is 0 Å². The number of aryl methyl sites for hydroxylation is 2. The van der Waals surface area contributed by atoms with E-state index < -0.39 is 0 Å². The normalized spacial score (nSPS) is 13.1. The number of nitrogens with zero attached hydrogens (tertiary/aromatic N) is 2. The van der Waals surface area contributed by atoms with Gasteiger partial charge in [0.15, 0.2) is 5.96 Å². The van der Waals surface area contributed by atoms with Crippen LogP contribution in [0.2, 0.25) is 0 Å². The van der Waals surface area contributed by atoms with Crippen molar-refractivity contribution in [3.8, 4) is 0 Å². The van der Waals surface area contributed by atoms with Gasteiger partial charge in [-0.2, -0.15) is 0 Å². The molecular weight excluding hydrogens is 383 g/mol. The molecule has 0 spiro atoms. The maximum absolute atomic E-state index is 4.65. The van der Waals surface area contributed by atoms with Gasteiger partial charge in [0.05, 0.1) is 17.2 Å². The van der Waals surface area contributed by atoms with Crippen molar-refractivity contribution >= 4 is 41.3 Å². The van der Waals surface area contributed by atoms with Crippen LogP contribution in [0.1, 0.15) is 43.3 Å². The molecule has 2 N–H and O–H groups in total. The molecule has 0 aromatic carbocycles. The Balaban J connectivity index is 0.00000361. The number of aromatic nitrogens is 1. The molecule has 1 heterocycles. The summed E-state index contributed by atoms with van der Waals surface area (Å²) in [6, 6.07) is 0.405. The zero-order valence-corrected chi connectivity index (χ0v) is 16.4. The Bertz CT molecular complexity index is 429. The maximum Gasteiger partial charge on any atom is 0.191 e. The van der Waals surface area contributed by atoms with Crippen LogP contribution in [0, 0.1) is 19.8 Å². The Hall–Kier alpha value is -0.370. The molecule has 116 valence electrons. The predicted octanol–water partition coefficient (Wildman–Crippen LogP) is 3.48. The zero-order valence-electron chi connectivity index (χ0n) is 13.3. The molecule has 1 aromatic rings. The van der Waals surface area contributed by atoms with Gasteiger partial charge in [-0.1, -0.05) is 13.8 Å². The van der Waals surface area contributed by atoms with Gasteiger partial charge in [-0.3, -0.25) is 0 Å². The number of halogens is 1. The average Bonchev–Trinajstić information content (AvgIpc) is 2.64. The third-order valence-electron chi connectivity index (χ3n) is 3.09. The molecule has 0 bridgehead atoms. The smallest absolute Gasteiger partial charge is 0.191 e. The number of guanidine groups is 1. The minimum atomic E-state index is 0. The summed E-state index contributed by atoms with van der Waals surface area (Å²) < 4.78 is 0. The number of nitrogens with one attached hydrogen (secondary N) is 2. The van der Waals surface area contributed by atoms with Crippen LogP contribution in [0.3, 0.4) is 0 Å². The average molecular weight is 410 g/mol. The molecule has 0 aliphatic rings. The first-order valence-corrected chi connectivity index (χ1v) is 7.73. The highest BCUT2D eigenvalue weighted by molar-refractivity contribution is 14.0. The van der Waals surface area contributed by atoms with E-state index in [9.17, 15) is 0 Å². The van der Waals surface area contributed by atoms with Crippen LogP contribution in [0.15, 0.2) is 4.99 Å². The lowest BCUT2D eigenvalue weighted by molar-refractivity contribution is 0.481. The molecule has 0 aliphatic heterocycles. The zero-order chi connectivity index (χ0) is 14.4. The lowest BCUT2D eigenvalue weighted by Gasteiger charge is -2.20. The topological polar surface area (TPSA) is 49.3 Å². The second-order valence-corrected chi connectivity index (χ2v) is 6.40. The second kappa shape index (κ2) is 9.55. The van der Waals surface area contributed by atoms with Gasteiger partial charge in [0, 0.05) is 17.5 Å². The molecule has 0 saturated heterocycles. The molecule has 6 heteroatoms. The molecular formula is C14H27IN4S. The van der Waals surface area contributed by atoms with Gasteiger partial charge >= 0.3 is 0 Å². The molecule has 0 radical (unpaired) electrons. The van der Waals surface area contributed by atoms with E-state index in [1.54, 1.807) is 11.3 Å². The Morgan fingerprint density at radius 2 is 1.95 bits per heavy atom. The lowest BCUT2D eigenvalue weighted by Crippen LogP contribution is -2.44. The Morgan fingerprint density at radius 3 is 2.40 bits per heavy atom. The van der Waals surface area contributed by atoms with Crippen molar-refractivity contribution < 1.29 is 0 Å². The van der Waals surface area contributed by atoms with Gasteiger partial charge in [-0.05, 0) is 33.6 Å². The van der Waals surface area contributed by atoms with Crippen molar-refractivity contribution in [2.45, 2.75) is 54.1 Å². The van der Waals surface area contributed by atoms with Gasteiger partial charge in [-0.25, -0.2) is 9.98 Å². The summed E-state index contributed by atoms with van der Waals surface area (Å²) in [6.45, 7) is 14.3.